The van der Waals surface area contributed by atoms with Crippen molar-refractivity contribution in [3.63, 3.8) is 0 Å². The molecule has 2 amide bonds. The summed E-state index contributed by atoms with van der Waals surface area (Å²) in [5.74, 6) is 0.703. The number of nitrogens with one attached hydrogen (secondary N) is 1. The van der Waals surface area contributed by atoms with Crippen molar-refractivity contribution in [3.05, 3.63) is 48.2 Å². The minimum Gasteiger partial charge on any atom is -0.489 e. The SMILES string of the molecule is O=C(CN1CCOCCOc2ccccc2Nc2ncccc2C1=O)N1CCCC(CO)C1. The molecule has 0 aliphatic carbocycles. The molecule has 1 aromatic carbocycles. The fraction of sp³-hybridized carbons (Fsp3) is 0.458. The molecule has 2 aliphatic rings. The lowest BCUT2D eigenvalue weighted by molar-refractivity contribution is -0.134. The number of carbonyl (C=O) groups excluding carboxylic acids is 2. The summed E-state index contributed by atoms with van der Waals surface area (Å²) in [7, 11) is 0. The molecule has 9 nitrogen and oxygen atoms in total. The van der Waals surface area contributed by atoms with Crippen LogP contribution in [0.15, 0.2) is 42.6 Å². The number of aliphatic hydroxyl groups excluding tert-OH is 1. The molecule has 176 valence electrons. The van der Waals surface area contributed by atoms with E-state index < -0.39 is 0 Å². The number of fused-ring (bicyclic) bond motifs is 2. The summed E-state index contributed by atoms with van der Waals surface area (Å²) >= 11 is 0. The maximum Gasteiger partial charge on any atom is 0.258 e. The maximum absolute atomic E-state index is 13.5. The number of rotatable bonds is 3. The molecule has 4 rings (SSSR count). The highest BCUT2D eigenvalue weighted by molar-refractivity contribution is 6.01. The summed E-state index contributed by atoms with van der Waals surface area (Å²) in [6.45, 7) is 2.44. The standard InChI is InChI=1S/C24H30N4O5/c29-17-18-5-4-10-27(15-18)22(30)16-28-11-12-32-13-14-33-21-8-2-1-7-20(21)26-23-19(24(28)31)6-3-9-25-23/h1-3,6-9,18,29H,4-5,10-17H2,(H,25,26). The van der Waals surface area contributed by atoms with Gasteiger partial charge in [0.15, 0.2) is 0 Å². The predicted octanol–water partition coefficient (Wildman–Crippen LogP) is 1.91. The van der Waals surface area contributed by atoms with Crippen LogP contribution >= 0.6 is 0 Å². The Balaban J connectivity index is 1.58. The van der Waals surface area contributed by atoms with E-state index >= 15 is 0 Å². The lowest BCUT2D eigenvalue weighted by atomic mass is 9.99. The molecule has 9 heteroatoms. The van der Waals surface area contributed by atoms with Crippen LogP contribution in [0, 0.1) is 5.92 Å². The highest BCUT2D eigenvalue weighted by atomic mass is 16.5. The number of piperidine rings is 1. The first kappa shape index (κ1) is 23.0. The molecule has 1 saturated heterocycles. The van der Waals surface area contributed by atoms with E-state index in [1.807, 2.05) is 24.3 Å². The van der Waals surface area contributed by atoms with Crippen LogP contribution in [0.25, 0.3) is 0 Å². The largest absolute Gasteiger partial charge is 0.489 e. The monoisotopic (exact) mass is 454 g/mol. The summed E-state index contributed by atoms with van der Waals surface area (Å²) in [6.07, 6.45) is 3.37. The summed E-state index contributed by atoms with van der Waals surface area (Å²) in [5.41, 5.74) is 1.06. The lowest BCUT2D eigenvalue weighted by Crippen LogP contribution is -2.47. The molecule has 0 spiro atoms. The van der Waals surface area contributed by atoms with Crippen molar-refractivity contribution < 1.29 is 24.2 Å². The molecule has 0 saturated carbocycles. The molecule has 3 heterocycles. The van der Waals surface area contributed by atoms with Gasteiger partial charge in [-0.05, 0) is 43.0 Å². The predicted molar refractivity (Wildman–Crippen MR) is 123 cm³/mol. The van der Waals surface area contributed by atoms with Gasteiger partial charge in [0, 0.05) is 32.4 Å². The molecule has 1 unspecified atom stereocenters. The van der Waals surface area contributed by atoms with Crippen molar-refractivity contribution in [2.24, 2.45) is 5.92 Å². The minimum atomic E-state index is -0.295. The van der Waals surface area contributed by atoms with Crippen molar-refractivity contribution in [1.29, 1.82) is 0 Å². The Morgan fingerprint density at radius 1 is 1.15 bits per heavy atom. The van der Waals surface area contributed by atoms with Crippen LogP contribution in [0.4, 0.5) is 11.5 Å². The number of aliphatic hydroxyl groups is 1. The highest BCUT2D eigenvalue weighted by Crippen LogP contribution is 2.28. The van der Waals surface area contributed by atoms with Gasteiger partial charge < -0.3 is 29.7 Å². The van der Waals surface area contributed by atoms with Gasteiger partial charge in [0.1, 0.15) is 24.7 Å². The van der Waals surface area contributed by atoms with Gasteiger partial charge in [-0.25, -0.2) is 4.98 Å². The Bertz CT molecular complexity index is 969. The Morgan fingerprint density at radius 2 is 2.03 bits per heavy atom. The number of para-hydroxylation sites is 2. The van der Waals surface area contributed by atoms with Gasteiger partial charge in [-0.15, -0.1) is 0 Å². The summed E-state index contributed by atoms with van der Waals surface area (Å²) in [6, 6.07) is 10.8. The molecule has 33 heavy (non-hydrogen) atoms. The third-order valence-corrected chi connectivity index (χ3v) is 5.91. The Morgan fingerprint density at radius 3 is 2.91 bits per heavy atom. The molecule has 0 bridgehead atoms. The van der Waals surface area contributed by atoms with Crippen LogP contribution in [-0.2, 0) is 9.53 Å². The molecule has 1 aromatic heterocycles. The Kier molecular flexibility index (Phi) is 7.74. The van der Waals surface area contributed by atoms with E-state index in [1.54, 1.807) is 23.2 Å². The number of hydrogen-bond acceptors (Lipinski definition) is 7. The number of hydrogen-bond donors (Lipinski definition) is 2. The molecular weight excluding hydrogens is 424 g/mol. The van der Waals surface area contributed by atoms with E-state index in [1.165, 1.54) is 4.90 Å². The lowest BCUT2D eigenvalue weighted by Gasteiger charge is -2.33. The van der Waals surface area contributed by atoms with Gasteiger partial charge in [0.25, 0.3) is 5.91 Å². The van der Waals surface area contributed by atoms with Crippen molar-refractivity contribution in [2.75, 3.05) is 57.9 Å². The number of amides is 2. The number of nitrogens with zero attached hydrogens (tertiary/aromatic N) is 3. The third kappa shape index (κ3) is 5.80. The smallest absolute Gasteiger partial charge is 0.258 e. The normalized spacial score (nSPS) is 19.7. The van der Waals surface area contributed by atoms with Gasteiger partial charge >= 0.3 is 0 Å². The first-order chi connectivity index (χ1) is 16.2. The highest BCUT2D eigenvalue weighted by Gasteiger charge is 2.28. The number of benzene rings is 1. The molecule has 2 aliphatic heterocycles. The van der Waals surface area contributed by atoms with Gasteiger partial charge in [-0.3, -0.25) is 9.59 Å². The van der Waals surface area contributed by atoms with Gasteiger partial charge in [0.2, 0.25) is 5.91 Å². The quantitative estimate of drug-likeness (QED) is 0.730. The van der Waals surface area contributed by atoms with E-state index in [-0.39, 0.29) is 44.0 Å². The van der Waals surface area contributed by atoms with Crippen molar-refractivity contribution in [1.82, 2.24) is 14.8 Å². The van der Waals surface area contributed by atoms with E-state index in [0.29, 0.717) is 49.1 Å². The molecular formula is C24H30N4O5. The van der Waals surface area contributed by atoms with E-state index in [4.69, 9.17) is 9.47 Å². The van der Waals surface area contributed by atoms with Crippen molar-refractivity contribution in [3.8, 4) is 5.75 Å². The zero-order valence-electron chi connectivity index (χ0n) is 18.6. The maximum atomic E-state index is 13.5. The molecule has 2 N–H and O–H groups in total. The van der Waals surface area contributed by atoms with Crippen LogP contribution in [-0.4, -0.2) is 84.3 Å². The van der Waals surface area contributed by atoms with Gasteiger partial charge in [-0.1, -0.05) is 12.1 Å². The van der Waals surface area contributed by atoms with Crippen LogP contribution in [0.2, 0.25) is 0 Å². The topological polar surface area (TPSA) is 104 Å². The van der Waals surface area contributed by atoms with Crippen LogP contribution < -0.4 is 10.1 Å². The fourth-order valence-electron chi connectivity index (χ4n) is 4.11. The zero-order chi connectivity index (χ0) is 23.0. The molecule has 1 atom stereocenters. The molecule has 0 radical (unpaired) electrons. The zero-order valence-corrected chi connectivity index (χ0v) is 18.6. The third-order valence-electron chi connectivity index (χ3n) is 5.91. The van der Waals surface area contributed by atoms with E-state index in [0.717, 1.165) is 12.8 Å². The van der Waals surface area contributed by atoms with E-state index in [9.17, 15) is 14.7 Å². The number of anilines is 2. The minimum absolute atomic E-state index is 0.0538. The second-order valence-electron chi connectivity index (χ2n) is 8.24. The van der Waals surface area contributed by atoms with Gasteiger partial charge in [-0.2, -0.15) is 0 Å². The number of ether oxygens (including phenoxy) is 2. The molecule has 2 aromatic rings. The number of carbonyl (C=O) groups is 2. The van der Waals surface area contributed by atoms with Crippen molar-refractivity contribution >= 4 is 23.3 Å². The second kappa shape index (κ2) is 11.1. The summed E-state index contributed by atoms with van der Waals surface area (Å²) in [4.78, 5) is 34.2. The summed E-state index contributed by atoms with van der Waals surface area (Å²) in [5, 5.41) is 12.7. The fourth-order valence-corrected chi connectivity index (χ4v) is 4.11. The Hall–Kier alpha value is -3.17. The number of likely N-dealkylation sites (tertiary alicyclic amines) is 1. The first-order valence-corrected chi connectivity index (χ1v) is 11.3. The first-order valence-electron chi connectivity index (χ1n) is 11.3. The second-order valence-corrected chi connectivity index (χ2v) is 8.24. The van der Waals surface area contributed by atoms with Gasteiger partial charge in [0.05, 0.1) is 24.5 Å². The van der Waals surface area contributed by atoms with Crippen LogP contribution in [0.3, 0.4) is 0 Å². The summed E-state index contributed by atoms with van der Waals surface area (Å²) < 4.78 is 11.5. The molecule has 1 fully saturated rings. The number of aromatic nitrogens is 1. The average molecular weight is 455 g/mol. The van der Waals surface area contributed by atoms with E-state index in [2.05, 4.69) is 10.3 Å². The number of pyridine rings is 1. The Labute approximate surface area is 193 Å². The van der Waals surface area contributed by atoms with Crippen LogP contribution in [0.1, 0.15) is 23.2 Å². The van der Waals surface area contributed by atoms with Crippen LogP contribution in [0.5, 0.6) is 5.75 Å². The van der Waals surface area contributed by atoms with Crippen molar-refractivity contribution in [2.45, 2.75) is 12.8 Å². The average Bonchev–Trinajstić information content (AvgIpc) is 2.86.